The Balaban J connectivity index is 2.28. The highest BCUT2D eigenvalue weighted by atomic mass is 79.9. The van der Waals surface area contributed by atoms with Crippen LogP contribution in [-0.4, -0.2) is 24.1 Å². The molecular weight excluding hydrogens is 278 g/mol. The van der Waals surface area contributed by atoms with E-state index < -0.39 is 0 Å². The second-order valence-electron chi connectivity index (χ2n) is 4.73. The van der Waals surface area contributed by atoms with Crippen LogP contribution in [0, 0.1) is 6.92 Å². The minimum atomic E-state index is 0.449. The van der Waals surface area contributed by atoms with Crippen LogP contribution in [0.25, 0.3) is 0 Å². The summed E-state index contributed by atoms with van der Waals surface area (Å²) in [6.07, 6.45) is 6.90. The molecule has 1 aromatic rings. The minimum absolute atomic E-state index is 0.449. The maximum absolute atomic E-state index is 5.90. The number of halogens is 1. The van der Waals surface area contributed by atoms with Gasteiger partial charge in [-0.2, -0.15) is 0 Å². The third kappa shape index (κ3) is 2.99. The molecule has 0 saturated carbocycles. The molecule has 2 heterocycles. The smallest absolute Gasteiger partial charge is 0.131 e. The summed E-state index contributed by atoms with van der Waals surface area (Å²) >= 11 is 3.46. The molecule has 17 heavy (non-hydrogen) atoms. The van der Waals surface area contributed by atoms with Crippen molar-refractivity contribution in [2.24, 2.45) is 5.73 Å². The number of nitrogens with two attached hydrogens (primary N) is 1. The average Bonchev–Trinajstić information content (AvgIpc) is 2.54. The molecule has 3 nitrogen and oxygen atoms in total. The van der Waals surface area contributed by atoms with Crippen LogP contribution in [0.2, 0.25) is 0 Å². The highest BCUT2D eigenvalue weighted by Gasteiger charge is 2.22. The van der Waals surface area contributed by atoms with Crippen LogP contribution in [0.1, 0.15) is 31.2 Å². The standard InChI is InChI=1S/C13H20BrN3/c1-10-7-11(14)9-16-13(10)17-6-4-2-3-5-12(17)8-15/h7,9,12H,2-6,8,15H2,1H3. The molecule has 1 saturated heterocycles. The van der Waals surface area contributed by atoms with Gasteiger partial charge in [-0.05, 0) is 47.3 Å². The monoisotopic (exact) mass is 297 g/mol. The Morgan fingerprint density at radius 2 is 2.29 bits per heavy atom. The van der Waals surface area contributed by atoms with Crippen LogP contribution in [-0.2, 0) is 0 Å². The summed E-state index contributed by atoms with van der Waals surface area (Å²) in [5, 5.41) is 0. The fourth-order valence-electron chi connectivity index (χ4n) is 2.54. The molecule has 0 aromatic carbocycles. The van der Waals surface area contributed by atoms with Crippen LogP contribution < -0.4 is 10.6 Å². The molecule has 0 aliphatic carbocycles. The van der Waals surface area contributed by atoms with E-state index in [4.69, 9.17) is 5.73 Å². The maximum Gasteiger partial charge on any atom is 0.131 e. The van der Waals surface area contributed by atoms with Gasteiger partial charge < -0.3 is 10.6 Å². The zero-order valence-corrected chi connectivity index (χ0v) is 11.9. The van der Waals surface area contributed by atoms with E-state index >= 15 is 0 Å². The Labute approximate surface area is 112 Å². The van der Waals surface area contributed by atoms with Crippen molar-refractivity contribution in [1.82, 2.24) is 4.98 Å². The highest BCUT2D eigenvalue weighted by Crippen LogP contribution is 2.26. The first-order chi connectivity index (χ1) is 8.22. The minimum Gasteiger partial charge on any atom is -0.352 e. The van der Waals surface area contributed by atoms with E-state index in [-0.39, 0.29) is 0 Å². The molecule has 1 aliphatic rings. The maximum atomic E-state index is 5.90. The van der Waals surface area contributed by atoms with Crippen LogP contribution in [0.5, 0.6) is 0 Å². The SMILES string of the molecule is Cc1cc(Br)cnc1N1CCCCCC1CN. The van der Waals surface area contributed by atoms with Gasteiger partial charge in [0.05, 0.1) is 0 Å². The third-order valence-electron chi connectivity index (χ3n) is 3.44. The molecule has 0 radical (unpaired) electrons. The predicted molar refractivity (Wildman–Crippen MR) is 75.3 cm³/mol. The van der Waals surface area contributed by atoms with Gasteiger partial charge in [0.25, 0.3) is 0 Å². The largest absolute Gasteiger partial charge is 0.352 e. The quantitative estimate of drug-likeness (QED) is 0.913. The van der Waals surface area contributed by atoms with Crippen molar-refractivity contribution in [2.45, 2.75) is 38.6 Å². The van der Waals surface area contributed by atoms with Gasteiger partial charge in [-0.1, -0.05) is 12.8 Å². The second-order valence-corrected chi connectivity index (χ2v) is 5.64. The van der Waals surface area contributed by atoms with Crippen molar-refractivity contribution in [3.05, 3.63) is 22.3 Å². The molecule has 0 amide bonds. The Morgan fingerprint density at radius 1 is 1.47 bits per heavy atom. The van der Waals surface area contributed by atoms with Gasteiger partial charge >= 0.3 is 0 Å². The number of pyridine rings is 1. The van der Waals surface area contributed by atoms with Gasteiger partial charge in [0.2, 0.25) is 0 Å². The number of rotatable bonds is 2. The van der Waals surface area contributed by atoms with Gasteiger partial charge in [0.15, 0.2) is 0 Å². The lowest BCUT2D eigenvalue weighted by Gasteiger charge is -2.31. The van der Waals surface area contributed by atoms with E-state index in [2.05, 4.69) is 38.8 Å². The molecule has 4 heteroatoms. The number of anilines is 1. The number of hydrogen-bond donors (Lipinski definition) is 1. The lowest BCUT2D eigenvalue weighted by molar-refractivity contribution is 0.575. The van der Waals surface area contributed by atoms with Crippen molar-refractivity contribution < 1.29 is 0 Å². The molecular formula is C13H20BrN3. The first-order valence-corrected chi connectivity index (χ1v) is 7.10. The highest BCUT2D eigenvalue weighted by molar-refractivity contribution is 9.10. The van der Waals surface area contributed by atoms with Crippen molar-refractivity contribution in [2.75, 3.05) is 18.0 Å². The van der Waals surface area contributed by atoms with Crippen LogP contribution in [0.4, 0.5) is 5.82 Å². The summed E-state index contributed by atoms with van der Waals surface area (Å²) < 4.78 is 1.04. The van der Waals surface area contributed by atoms with E-state index in [1.54, 1.807) is 0 Å². The lowest BCUT2D eigenvalue weighted by atomic mass is 10.1. The fourth-order valence-corrected chi connectivity index (χ4v) is 2.98. The number of aryl methyl sites for hydroxylation is 1. The van der Waals surface area contributed by atoms with Gasteiger partial charge in [-0.15, -0.1) is 0 Å². The summed E-state index contributed by atoms with van der Waals surface area (Å²) in [4.78, 5) is 6.96. The van der Waals surface area contributed by atoms with Gasteiger partial charge in [0.1, 0.15) is 5.82 Å². The Kier molecular flexibility index (Phi) is 4.40. The van der Waals surface area contributed by atoms with E-state index in [0.29, 0.717) is 6.04 Å². The summed E-state index contributed by atoms with van der Waals surface area (Å²) in [6.45, 7) is 3.92. The third-order valence-corrected chi connectivity index (χ3v) is 3.87. The Morgan fingerprint density at radius 3 is 3.00 bits per heavy atom. The summed E-state index contributed by atoms with van der Waals surface area (Å²) in [6, 6.07) is 2.57. The normalized spacial score (nSPS) is 21.4. The molecule has 94 valence electrons. The zero-order valence-electron chi connectivity index (χ0n) is 10.3. The fraction of sp³-hybridized carbons (Fsp3) is 0.615. The summed E-state index contributed by atoms with van der Waals surface area (Å²) in [7, 11) is 0. The van der Waals surface area contributed by atoms with Crippen molar-refractivity contribution in [3.8, 4) is 0 Å². The molecule has 1 aromatic heterocycles. The van der Waals surface area contributed by atoms with Gasteiger partial charge in [0, 0.05) is 29.8 Å². The molecule has 0 spiro atoms. The van der Waals surface area contributed by atoms with Crippen molar-refractivity contribution in [3.63, 3.8) is 0 Å². The number of nitrogens with zero attached hydrogens (tertiary/aromatic N) is 2. The first kappa shape index (κ1) is 12.8. The van der Waals surface area contributed by atoms with E-state index in [1.807, 2.05) is 6.20 Å². The van der Waals surface area contributed by atoms with Crippen LogP contribution in [0.15, 0.2) is 16.7 Å². The van der Waals surface area contributed by atoms with Crippen molar-refractivity contribution in [1.29, 1.82) is 0 Å². The molecule has 1 fully saturated rings. The molecule has 2 N–H and O–H groups in total. The predicted octanol–water partition coefficient (Wildman–Crippen LogP) is 2.86. The van der Waals surface area contributed by atoms with E-state index in [0.717, 1.165) is 23.4 Å². The summed E-state index contributed by atoms with van der Waals surface area (Å²) in [5.74, 6) is 1.10. The lowest BCUT2D eigenvalue weighted by Crippen LogP contribution is -2.41. The molecule has 2 rings (SSSR count). The van der Waals surface area contributed by atoms with E-state index in [9.17, 15) is 0 Å². The first-order valence-electron chi connectivity index (χ1n) is 6.31. The molecule has 1 unspecified atom stereocenters. The molecule has 1 aliphatic heterocycles. The molecule has 1 atom stereocenters. The second kappa shape index (κ2) is 5.83. The van der Waals surface area contributed by atoms with Gasteiger partial charge in [-0.25, -0.2) is 4.98 Å². The topological polar surface area (TPSA) is 42.2 Å². The van der Waals surface area contributed by atoms with E-state index in [1.165, 1.54) is 31.2 Å². The number of hydrogen-bond acceptors (Lipinski definition) is 3. The van der Waals surface area contributed by atoms with Crippen molar-refractivity contribution >= 4 is 21.7 Å². The van der Waals surface area contributed by atoms with Crippen LogP contribution in [0.3, 0.4) is 0 Å². The van der Waals surface area contributed by atoms with Crippen LogP contribution >= 0.6 is 15.9 Å². The average molecular weight is 298 g/mol. The Hall–Kier alpha value is -0.610. The molecule has 0 bridgehead atoms. The number of aromatic nitrogens is 1. The summed E-state index contributed by atoms with van der Waals surface area (Å²) in [5.41, 5.74) is 7.12. The van der Waals surface area contributed by atoms with Gasteiger partial charge in [-0.3, -0.25) is 0 Å². The zero-order chi connectivity index (χ0) is 12.3. The Bertz CT molecular complexity index is 381.